The molecule has 16 heavy (non-hydrogen) atoms. The van der Waals surface area contributed by atoms with Gasteiger partial charge in [-0.15, -0.1) is 0 Å². The van der Waals surface area contributed by atoms with Gasteiger partial charge in [-0.1, -0.05) is 12.8 Å². The van der Waals surface area contributed by atoms with Crippen LogP contribution in [-0.4, -0.2) is 36.2 Å². The van der Waals surface area contributed by atoms with Gasteiger partial charge < -0.3 is 15.7 Å². The lowest BCUT2D eigenvalue weighted by Crippen LogP contribution is -2.49. The maximum absolute atomic E-state index is 11.9. The molecule has 0 aromatic rings. The summed E-state index contributed by atoms with van der Waals surface area (Å²) in [6.07, 6.45) is 5.66. The summed E-state index contributed by atoms with van der Waals surface area (Å²) in [7, 11) is 0. The summed E-state index contributed by atoms with van der Waals surface area (Å²) in [5.74, 6) is 0.223. The predicted molar refractivity (Wildman–Crippen MR) is 62.0 cm³/mol. The maximum atomic E-state index is 11.9. The Bertz CT molecular complexity index is 239. The zero-order valence-corrected chi connectivity index (χ0v) is 9.74. The summed E-state index contributed by atoms with van der Waals surface area (Å²) in [4.78, 5) is 11.9. The van der Waals surface area contributed by atoms with E-state index in [2.05, 4.69) is 10.6 Å². The Morgan fingerprint density at radius 2 is 2.00 bits per heavy atom. The molecule has 2 rings (SSSR count). The van der Waals surface area contributed by atoms with Crippen LogP contribution in [0.3, 0.4) is 0 Å². The fourth-order valence-corrected chi connectivity index (χ4v) is 2.66. The van der Waals surface area contributed by atoms with Crippen molar-refractivity contribution in [1.82, 2.24) is 10.6 Å². The van der Waals surface area contributed by atoms with Gasteiger partial charge in [0, 0.05) is 6.54 Å². The Balaban J connectivity index is 1.80. The Morgan fingerprint density at radius 3 is 2.69 bits per heavy atom. The number of aliphatic hydroxyl groups excluding tert-OH is 1. The molecule has 1 heterocycles. The number of piperidine rings is 1. The highest BCUT2D eigenvalue weighted by molar-refractivity contribution is 5.79. The molecule has 0 radical (unpaired) electrons. The summed E-state index contributed by atoms with van der Waals surface area (Å²) >= 11 is 0. The van der Waals surface area contributed by atoms with Crippen LogP contribution in [0.15, 0.2) is 0 Å². The zero-order chi connectivity index (χ0) is 11.4. The number of carbonyl (C=O) groups excluding carboxylic acids is 1. The Labute approximate surface area is 96.8 Å². The highest BCUT2D eigenvalue weighted by Gasteiger charge is 2.28. The van der Waals surface area contributed by atoms with E-state index in [0.29, 0.717) is 0 Å². The molecule has 0 spiro atoms. The Kier molecular flexibility index (Phi) is 4.18. The molecule has 1 aliphatic heterocycles. The molecule has 2 fully saturated rings. The molecule has 1 aliphatic carbocycles. The fourth-order valence-electron chi connectivity index (χ4n) is 2.66. The van der Waals surface area contributed by atoms with Crippen molar-refractivity contribution in [2.45, 2.75) is 50.7 Å². The fraction of sp³-hybridized carbons (Fsp3) is 0.917. The van der Waals surface area contributed by atoms with Crippen LogP contribution < -0.4 is 10.6 Å². The minimum atomic E-state index is -0.339. The molecule has 3 atom stereocenters. The van der Waals surface area contributed by atoms with Gasteiger partial charge in [0.1, 0.15) is 0 Å². The van der Waals surface area contributed by atoms with Crippen molar-refractivity contribution in [3.05, 3.63) is 0 Å². The van der Waals surface area contributed by atoms with Crippen LogP contribution in [0, 0.1) is 5.92 Å². The standard InChI is InChI=1S/C12H22N2O2/c15-11-6-2-1-5-10(11)14-12(16)9-4-3-7-13-8-9/h9-11,13,15H,1-8H2,(H,14,16)/t9-,10?,11?/m1/s1. The molecule has 1 amide bonds. The van der Waals surface area contributed by atoms with E-state index < -0.39 is 0 Å². The van der Waals surface area contributed by atoms with Gasteiger partial charge in [-0.2, -0.15) is 0 Å². The highest BCUT2D eigenvalue weighted by atomic mass is 16.3. The van der Waals surface area contributed by atoms with Crippen molar-refractivity contribution in [1.29, 1.82) is 0 Å². The maximum Gasteiger partial charge on any atom is 0.224 e. The Hall–Kier alpha value is -0.610. The third-order valence-corrected chi connectivity index (χ3v) is 3.72. The van der Waals surface area contributed by atoms with Gasteiger partial charge in [0.2, 0.25) is 5.91 Å². The monoisotopic (exact) mass is 226 g/mol. The average Bonchev–Trinajstić information content (AvgIpc) is 2.33. The molecular formula is C12H22N2O2. The number of amides is 1. The minimum Gasteiger partial charge on any atom is -0.391 e. The van der Waals surface area contributed by atoms with E-state index in [1.807, 2.05) is 0 Å². The van der Waals surface area contributed by atoms with Crippen molar-refractivity contribution in [2.75, 3.05) is 13.1 Å². The van der Waals surface area contributed by atoms with Crippen LogP contribution >= 0.6 is 0 Å². The molecule has 2 aliphatic rings. The third-order valence-electron chi connectivity index (χ3n) is 3.72. The summed E-state index contributed by atoms with van der Waals surface area (Å²) in [6.45, 7) is 1.81. The number of hydrogen-bond acceptors (Lipinski definition) is 3. The molecule has 0 aromatic heterocycles. The zero-order valence-electron chi connectivity index (χ0n) is 9.74. The number of rotatable bonds is 2. The summed E-state index contributed by atoms with van der Waals surface area (Å²) in [5, 5.41) is 16.0. The summed E-state index contributed by atoms with van der Waals surface area (Å²) in [5.41, 5.74) is 0. The molecule has 3 N–H and O–H groups in total. The van der Waals surface area contributed by atoms with E-state index in [1.165, 1.54) is 0 Å². The van der Waals surface area contributed by atoms with Gasteiger partial charge in [0.25, 0.3) is 0 Å². The minimum absolute atomic E-state index is 0.0109. The first-order valence-corrected chi connectivity index (χ1v) is 6.46. The molecule has 4 nitrogen and oxygen atoms in total. The lowest BCUT2D eigenvalue weighted by Gasteiger charge is -2.31. The number of carbonyl (C=O) groups is 1. The second-order valence-corrected chi connectivity index (χ2v) is 5.01. The predicted octanol–water partition coefficient (Wildman–Crippen LogP) is 0.406. The average molecular weight is 226 g/mol. The first-order chi connectivity index (χ1) is 7.77. The quantitative estimate of drug-likeness (QED) is 0.639. The van der Waals surface area contributed by atoms with Gasteiger partial charge in [-0.05, 0) is 32.2 Å². The molecule has 1 saturated heterocycles. The molecule has 4 heteroatoms. The van der Waals surface area contributed by atoms with Crippen molar-refractivity contribution in [2.24, 2.45) is 5.92 Å². The van der Waals surface area contributed by atoms with Gasteiger partial charge in [0.15, 0.2) is 0 Å². The van der Waals surface area contributed by atoms with Crippen molar-refractivity contribution < 1.29 is 9.90 Å². The van der Waals surface area contributed by atoms with Crippen LogP contribution in [-0.2, 0) is 4.79 Å². The second-order valence-electron chi connectivity index (χ2n) is 5.01. The van der Waals surface area contributed by atoms with E-state index in [9.17, 15) is 9.90 Å². The molecular weight excluding hydrogens is 204 g/mol. The van der Waals surface area contributed by atoms with Gasteiger partial charge in [-0.3, -0.25) is 4.79 Å². The smallest absolute Gasteiger partial charge is 0.224 e. The highest BCUT2D eigenvalue weighted by Crippen LogP contribution is 2.19. The van der Waals surface area contributed by atoms with Crippen LogP contribution in [0.5, 0.6) is 0 Å². The van der Waals surface area contributed by atoms with E-state index in [0.717, 1.165) is 51.6 Å². The lowest BCUT2D eigenvalue weighted by molar-refractivity contribution is -0.127. The summed E-state index contributed by atoms with van der Waals surface area (Å²) < 4.78 is 0. The molecule has 0 aromatic carbocycles. The molecule has 92 valence electrons. The van der Waals surface area contributed by atoms with Gasteiger partial charge in [0.05, 0.1) is 18.1 Å². The van der Waals surface area contributed by atoms with E-state index in [4.69, 9.17) is 0 Å². The topological polar surface area (TPSA) is 61.4 Å². The first kappa shape index (κ1) is 11.9. The molecule has 0 bridgehead atoms. The molecule has 1 saturated carbocycles. The van der Waals surface area contributed by atoms with E-state index >= 15 is 0 Å². The second kappa shape index (κ2) is 5.64. The Morgan fingerprint density at radius 1 is 1.19 bits per heavy atom. The van der Waals surface area contributed by atoms with Crippen molar-refractivity contribution in [3.63, 3.8) is 0 Å². The van der Waals surface area contributed by atoms with Gasteiger partial charge in [-0.25, -0.2) is 0 Å². The third kappa shape index (κ3) is 2.95. The summed E-state index contributed by atoms with van der Waals surface area (Å²) in [6, 6.07) is -0.0109. The molecule has 2 unspecified atom stereocenters. The van der Waals surface area contributed by atoms with Crippen LogP contribution in [0.4, 0.5) is 0 Å². The normalized spacial score (nSPS) is 35.7. The largest absolute Gasteiger partial charge is 0.391 e. The number of nitrogens with one attached hydrogen (secondary N) is 2. The lowest BCUT2D eigenvalue weighted by atomic mass is 9.91. The van der Waals surface area contributed by atoms with E-state index in [1.54, 1.807) is 0 Å². The van der Waals surface area contributed by atoms with Crippen LogP contribution in [0.2, 0.25) is 0 Å². The number of aliphatic hydroxyl groups is 1. The van der Waals surface area contributed by atoms with Crippen molar-refractivity contribution >= 4 is 5.91 Å². The van der Waals surface area contributed by atoms with Crippen LogP contribution in [0.1, 0.15) is 38.5 Å². The number of hydrogen-bond donors (Lipinski definition) is 3. The van der Waals surface area contributed by atoms with E-state index in [-0.39, 0.29) is 24.0 Å². The first-order valence-electron chi connectivity index (χ1n) is 6.46. The SMILES string of the molecule is O=C(NC1CCCCC1O)[C@@H]1CCCNC1. The van der Waals surface area contributed by atoms with Crippen molar-refractivity contribution in [3.8, 4) is 0 Å². The van der Waals surface area contributed by atoms with Crippen LogP contribution in [0.25, 0.3) is 0 Å². The van der Waals surface area contributed by atoms with Gasteiger partial charge >= 0.3 is 0 Å².